The van der Waals surface area contributed by atoms with Gasteiger partial charge >= 0.3 is 37.7 Å². The van der Waals surface area contributed by atoms with Crippen molar-refractivity contribution in [3.8, 4) is 0 Å². The van der Waals surface area contributed by atoms with Gasteiger partial charge in [0.2, 0.25) is 0 Å². The SMILES string of the molecule is COC(Cc1ccn(C)n1)(C(=O)[O-])C(=O)[O-].[Li+].[Li+]. The molecule has 0 amide bonds. The third kappa shape index (κ3) is 3.91. The zero-order valence-electron chi connectivity index (χ0n) is 10.8. The number of aliphatic carboxylic acids is 2. The summed E-state index contributed by atoms with van der Waals surface area (Å²) < 4.78 is 5.92. The maximum atomic E-state index is 10.8. The van der Waals surface area contributed by atoms with Gasteiger partial charge < -0.3 is 24.5 Å². The first kappa shape index (κ1) is 19.6. The van der Waals surface area contributed by atoms with Crippen molar-refractivity contribution in [1.82, 2.24) is 9.78 Å². The first-order valence-corrected chi connectivity index (χ1v) is 4.39. The van der Waals surface area contributed by atoms with Crippen LogP contribution in [0.2, 0.25) is 0 Å². The molecule has 0 aromatic carbocycles. The van der Waals surface area contributed by atoms with E-state index >= 15 is 0 Å². The third-order valence-corrected chi connectivity index (χ3v) is 2.21. The molecule has 0 radical (unpaired) electrons. The van der Waals surface area contributed by atoms with Crippen LogP contribution >= 0.6 is 0 Å². The number of methoxy groups -OCH3 is 1. The summed E-state index contributed by atoms with van der Waals surface area (Å²) in [6.07, 6.45) is 1.11. The van der Waals surface area contributed by atoms with Crippen LogP contribution in [0.3, 0.4) is 0 Å². The quantitative estimate of drug-likeness (QED) is 0.373. The Kier molecular flexibility index (Phi) is 8.38. The van der Waals surface area contributed by atoms with Gasteiger partial charge in [-0.05, 0) is 6.07 Å². The van der Waals surface area contributed by atoms with Crippen molar-refractivity contribution in [3.05, 3.63) is 18.0 Å². The van der Waals surface area contributed by atoms with Crippen LogP contribution in [-0.2, 0) is 27.8 Å². The molecule has 0 N–H and O–H groups in total. The molecule has 0 aliphatic rings. The Bertz CT molecular complexity index is 407. The molecule has 0 aliphatic carbocycles. The van der Waals surface area contributed by atoms with Gasteiger partial charge in [-0.25, -0.2) is 0 Å². The number of rotatable bonds is 5. The van der Waals surface area contributed by atoms with Crippen molar-refractivity contribution >= 4 is 11.9 Å². The number of nitrogens with zero attached hydrogens (tertiary/aromatic N) is 2. The molecule has 18 heavy (non-hydrogen) atoms. The van der Waals surface area contributed by atoms with Crippen molar-refractivity contribution in [1.29, 1.82) is 0 Å². The summed E-state index contributed by atoms with van der Waals surface area (Å²) in [5.41, 5.74) is -2.24. The summed E-state index contributed by atoms with van der Waals surface area (Å²) in [7, 11) is 2.59. The van der Waals surface area contributed by atoms with Crippen molar-refractivity contribution in [2.45, 2.75) is 12.0 Å². The van der Waals surface area contributed by atoms with E-state index in [2.05, 4.69) is 9.84 Å². The van der Waals surface area contributed by atoms with Gasteiger partial charge in [0.15, 0.2) is 5.60 Å². The van der Waals surface area contributed by atoms with E-state index in [1.807, 2.05) is 0 Å². The monoisotopic (exact) mass is 240 g/mol. The third-order valence-electron chi connectivity index (χ3n) is 2.21. The minimum Gasteiger partial charge on any atom is -0.547 e. The van der Waals surface area contributed by atoms with Crippen molar-refractivity contribution < 1.29 is 62.3 Å². The molecule has 0 unspecified atom stereocenters. The molecule has 1 rings (SSSR count). The molecule has 0 atom stereocenters. The average molecular weight is 240 g/mol. The van der Waals surface area contributed by atoms with Crippen LogP contribution in [0.15, 0.2) is 12.3 Å². The van der Waals surface area contributed by atoms with Gasteiger partial charge in [-0.1, -0.05) is 0 Å². The number of hydrogen-bond donors (Lipinski definition) is 0. The number of carboxylic acids is 2. The Morgan fingerprint density at radius 2 is 1.89 bits per heavy atom. The summed E-state index contributed by atoms with van der Waals surface area (Å²) in [6, 6.07) is 1.49. The smallest absolute Gasteiger partial charge is 0.547 e. The number of carbonyl (C=O) groups is 2. The fraction of sp³-hybridized carbons (Fsp3) is 0.444. The van der Waals surface area contributed by atoms with Gasteiger partial charge in [0.1, 0.15) is 0 Å². The molecule has 0 saturated heterocycles. The molecule has 9 heteroatoms. The Morgan fingerprint density at radius 1 is 1.39 bits per heavy atom. The molecule has 1 heterocycles. The van der Waals surface area contributed by atoms with Gasteiger partial charge in [0, 0.05) is 26.8 Å². The van der Waals surface area contributed by atoms with Crippen LogP contribution in [0.5, 0.6) is 0 Å². The largest absolute Gasteiger partial charge is 1.00 e. The fourth-order valence-electron chi connectivity index (χ4n) is 1.28. The zero-order chi connectivity index (χ0) is 12.3. The predicted molar refractivity (Wildman–Crippen MR) is 46.7 cm³/mol. The van der Waals surface area contributed by atoms with Crippen molar-refractivity contribution in [2.24, 2.45) is 7.05 Å². The molecule has 0 fully saturated rings. The first-order chi connectivity index (χ1) is 7.42. The summed E-state index contributed by atoms with van der Waals surface area (Å²) in [4.78, 5) is 21.6. The predicted octanol–water partition coefficient (Wildman–Crippen LogP) is -9.14. The average Bonchev–Trinajstić information content (AvgIpc) is 2.59. The molecule has 0 bridgehead atoms. The van der Waals surface area contributed by atoms with Gasteiger partial charge in [0.25, 0.3) is 0 Å². The van der Waals surface area contributed by atoms with Gasteiger partial charge in [-0.15, -0.1) is 0 Å². The standard InChI is InChI=1S/C9H12N2O5.2Li/c1-11-4-3-6(10-11)5-9(16-2,7(12)13)8(14)15;;/h3-4H,5H2,1-2H3,(H,12,13)(H,14,15);;/q;2*+1/p-2. The van der Waals surface area contributed by atoms with E-state index in [4.69, 9.17) is 0 Å². The molecular weight excluding hydrogens is 230 g/mol. The van der Waals surface area contributed by atoms with E-state index in [1.165, 1.54) is 10.7 Å². The number of ether oxygens (including phenoxy) is 1. The summed E-state index contributed by atoms with van der Waals surface area (Å²) in [5, 5.41) is 25.5. The van der Waals surface area contributed by atoms with Gasteiger partial charge in [-0.2, -0.15) is 5.10 Å². The summed E-state index contributed by atoms with van der Waals surface area (Å²) >= 11 is 0. The number of carboxylic acid groups (broad SMARTS) is 2. The van der Waals surface area contributed by atoms with E-state index in [9.17, 15) is 19.8 Å². The normalized spacial score (nSPS) is 10.1. The number of aryl methyl sites for hydroxylation is 1. The minimum atomic E-state index is -2.51. The van der Waals surface area contributed by atoms with E-state index in [1.54, 1.807) is 13.2 Å². The van der Waals surface area contributed by atoms with Crippen LogP contribution in [0.4, 0.5) is 0 Å². The molecule has 1 aromatic heterocycles. The van der Waals surface area contributed by atoms with Crippen LogP contribution in [0.1, 0.15) is 5.69 Å². The number of aromatic nitrogens is 2. The molecule has 0 aliphatic heterocycles. The van der Waals surface area contributed by atoms with E-state index in [-0.39, 0.29) is 43.4 Å². The maximum Gasteiger partial charge on any atom is 1.00 e. The minimum absolute atomic E-state index is 0. The second-order valence-corrected chi connectivity index (χ2v) is 3.26. The second kappa shape index (κ2) is 7.68. The molecule has 0 saturated carbocycles. The number of hydrogen-bond acceptors (Lipinski definition) is 6. The topological polar surface area (TPSA) is 107 Å². The molecule has 1 aromatic rings. The molecule has 0 spiro atoms. The molecule has 88 valence electrons. The van der Waals surface area contributed by atoms with Gasteiger partial charge in [-0.3, -0.25) is 4.68 Å². The van der Waals surface area contributed by atoms with Crippen LogP contribution < -0.4 is 47.9 Å². The molecular formula is C9H10Li2N2O5. The van der Waals surface area contributed by atoms with Crippen LogP contribution in [-0.4, -0.2) is 34.4 Å². The van der Waals surface area contributed by atoms with E-state index in [0.29, 0.717) is 0 Å². The summed E-state index contributed by atoms with van der Waals surface area (Å²) in [6.45, 7) is 0. The fourth-order valence-corrected chi connectivity index (χ4v) is 1.28. The van der Waals surface area contributed by atoms with Crippen molar-refractivity contribution in [3.63, 3.8) is 0 Å². The van der Waals surface area contributed by atoms with E-state index < -0.39 is 24.0 Å². The Labute approximate surface area is 128 Å². The second-order valence-electron chi connectivity index (χ2n) is 3.26. The van der Waals surface area contributed by atoms with Gasteiger partial charge in [0.05, 0.1) is 17.6 Å². The van der Waals surface area contributed by atoms with E-state index in [0.717, 1.165) is 7.11 Å². The Morgan fingerprint density at radius 3 is 2.17 bits per heavy atom. The Balaban J connectivity index is 0. The zero-order valence-corrected chi connectivity index (χ0v) is 10.8. The Hall–Kier alpha value is -0.695. The number of carbonyl (C=O) groups excluding carboxylic acids is 2. The first-order valence-electron chi connectivity index (χ1n) is 4.39. The summed E-state index contributed by atoms with van der Waals surface area (Å²) in [5.74, 6) is -3.72. The van der Waals surface area contributed by atoms with Crippen LogP contribution in [0, 0.1) is 0 Å². The molecule has 7 nitrogen and oxygen atoms in total. The van der Waals surface area contributed by atoms with Crippen molar-refractivity contribution in [2.75, 3.05) is 7.11 Å². The maximum absolute atomic E-state index is 10.8. The van der Waals surface area contributed by atoms with Crippen LogP contribution in [0.25, 0.3) is 0 Å².